The van der Waals surface area contributed by atoms with Gasteiger partial charge in [-0.25, -0.2) is 0 Å². The van der Waals surface area contributed by atoms with Crippen molar-refractivity contribution in [3.05, 3.63) is 99.5 Å². The summed E-state index contributed by atoms with van der Waals surface area (Å²) < 4.78 is 36.6. The van der Waals surface area contributed by atoms with Gasteiger partial charge in [0.1, 0.15) is 0 Å². The van der Waals surface area contributed by atoms with Gasteiger partial charge in [0, 0.05) is 16.6 Å². The largest absolute Gasteiger partial charge is 0.375 e. The fourth-order valence-electron chi connectivity index (χ4n) is 3.66. The first-order chi connectivity index (χ1) is 15.2. The average Bonchev–Trinajstić information content (AvgIpc) is 2.75. The summed E-state index contributed by atoms with van der Waals surface area (Å²) in [6.07, 6.45) is 1.01. The first-order valence-corrected chi connectivity index (χ1v) is 12.7. The zero-order valence-corrected chi connectivity index (χ0v) is 20.6. The lowest BCUT2D eigenvalue weighted by Gasteiger charge is -2.32. The molecule has 1 aliphatic rings. The number of hydrogen-bond donors (Lipinski definition) is 2. The van der Waals surface area contributed by atoms with E-state index in [2.05, 4.69) is 58.5 Å². The summed E-state index contributed by atoms with van der Waals surface area (Å²) in [6, 6.07) is 23.5. The van der Waals surface area contributed by atoms with Crippen LogP contribution in [0.4, 0.5) is 0 Å². The van der Waals surface area contributed by atoms with Crippen LogP contribution in [0.1, 0.15) is 35.2 Å². The normalized spacial score (nSPS) is 17.8. The van der Waals surface area contributed by atoms with Gasteiger partial charge in [-0.05, 0) is 55.2 Å². The Morgan fingerprint density at radius 2 is 1.72 bits per heavy atom. The summed E-state index contributed by atoms with van der Waals surface area (Å²) in [7, 11) is -4.02. The Morgan fingerprint density at radius 3 is 2.38 bits per heavy atom. The molecule has 0 bridgehead atoms. The Kier molecular flexibility index (Phi) is 8.62. The summed E-state index contributed by atoms with van der Waals surface area (Å²) in [5.41, 5.74) is 4.99. The Labute approximate surface area is 198 Å². The molecule has 0 saturated carbocycles. The SMILES string of the molecule is C[C@@H]1N[C@@H](COCc2ccccc2)Cc2c(Br)cccc21.Cc1ccc(S(=O)(=O)O)cc1. The van der Waals surface area contributed by atoms with Crippen LogP contribution in [0.5, 0.6) is 0 Å². The molecule has 7 heteroatoms. The number of fused-ring (bicyclic) bond motifs is 1. The highest BCUT2D eigenvalue weighted by molar-refractivity contribution is 9.10. The molecule has 0 radical (unpaired) electrons. The molecule has 0 aliphatic carbocycles. The second-order valence-electron chi connectivity index (χ2n) is 7.89. The minimum atomic E-state index is -4.02. The molecule has 32 heavy (non-hydrogen) atoms. The van der Waals surface area contributed by atoms with Crippen LogP contribution in [-0.2, 0) is 27.9 Å². The van der Waals surface area contributed by atoms with Crippen LogP contribution >= 0.6 is 15.9 Å². The van der Waals surface area contributed by atoms with Crippen molar-refractivity contribution in [2.75, 3.05) is 6.61 Å². The summed E-state index contributed by atoms with van der Waals surface area (Å²) >= 11 is 3.67. The third-order valence-electron chi connectivity index (χ3n) is 5.31. The van der Waals surface area contributed by atoms with E-state index in [4.69, 9.17) is 9.29 Å². The Morgan fingerprint density at radius 1 is 1.03 bits per heavy atom. The molecule has 4 rings (SSSR count). The molecule has 2 N–H and O–H groups in total. The highest BCUT2D eigenvalue weighted by Crippen LogP contribution is 2.30. The molecular formula is C25H28BrNO4S. The van der Waals surface area contributed by atoms with Gasteiger partial charge in [0.25, 0.3) is 10.1 Å². The second kappa shape index (κ2) is 11.2. The molecule has 1 aliphatic heterocycles. The van der Waals surface area contributed by atoms with Crippen molar-refractivity contribution in [3.63, 3.8) is 0 Å². The lowest BCUT2D eigenvalue weighted by molar-refractivity contribution is 0.0932. The van der Waals surface area contributed by atoms with E-state index in [0.29, 0.717) is 18.7 Å². The van der Waals surface area contributed by atoms with Crippen molar-refractivity contribution in [2.45, 2.75) is 43.9 Å². The fourth-order valence-corrected chi connectivity index (χ4v) is 4.68. The van der Waals surface area contributed by atoms with E-state index in [1.54, 1.807) is 12.1 Å². The molecule has 0 aromatic heterocycles. The van der Waals surface area contributed by atoms with E-state index < -0.39 is 10.1 Å². The molecule has 3 aromatic rings. The highest BCUT2D eigenvalue weighted by atomic mass is 79.9. The van der Waals surface area contributed by atoms with Crippen molar-refractivity contribution in [1.82, 2.24) is 5.32 Å². The maximum absolute atomic E-state index is 10.5. The third kappa shape index (κ3) is 6.98. The summed E-state index contributed by atoms with van der Waals surface area (Å²) in [4.78, 5) is -0.0666. The van der Waals surface area contributed by atoms with Gasteiger partial charge in [0.05, 0.1) is 18.1 Å². The fraction of sp³-hybridized carbons (Fsp3) is 0.280. The van der Waals surface area contributed by atoms with Crippen LogP contribution in [0.2, 0.25) is 0 Å². The Hall–Kier alpha value is -2.03. The number of nitrogens with one attached hydrogen (secondary N) is 1. The van der Waals surface area contributed by atoms with Crippen LogP contribution in [0.15, 0.2) is 82.2 Å². The van der Waals surface area contributed by atoms with Crippen LogP contribution in [-0.4, -0.2) is 25.6 Å². The van der Waals surface area contributed by atoms with Gasteiger partial charge in [-0.1, -0.05) is 76.1 Å². The van der Waals surface area contributed by atoms with E-state index in [0.717, 1.165) is 18.6 Å². The molecule has 1 heterocycles. The van der Waals surface area contributed by atoms with Gasteiger partial charge >= 0.3 is 0 Å². The van der Waals surface area contributed by atoms with E-state index >= 15 is 0 Å². The first-order valence-electron chi connectivity index (χ1n) is 10.4. The minimum Gasteiger partial charge on any atom is -0.375 e. The highest BCUT2D eigenvalue weighted by Gasteiger charge is 2.24. The zero-order chi connectivity index (χ0) is 23.1. The standard InChI is InChI=1S/C18H20BrNO.C7H8O3S/c1-13-16-8-5-9-18(19)17(16)10-15(20-13)12-21-11-14-6-3-2-4-7-14;1-6-2-4-7(5-3-6)11(8,9)10/h2-9,13,15,20H,10-12H2,1H3;2-5H,1H3,(H,8,9,10)/t13-,15+;/m0./s1. The average molecular weight is 518 g/mol. The van der Waals surface area contributed by atoms with E-state index in [1.165, 1.54) is 33.3 Å². The van der Waals surface area contributed by atoms with Gasteiger partial charge < -0.3 is 10.1 Å². The lowest BCUT2D eigenvalue weighted by atomic mass is 9.91. The van der Waals surface area contributed by atoms with Crippen LogP contribution in [0.25, 0.3) is 0 Å². The van der Waals surface area contributed by atoms with Gasteiger partial charge in [-0.2, -0.15) is 8.42 Å². The summed E-state index contributed by atoms with van der Waals surface area (Å²) in [6.45, 7) is 5.47. The lowest BCUT2D eigenvalue weighted by Crippen LogP contribution is -2.41. The maximum Gasteiger partial charge on any atom is 0.294 e. The molecule has 3 aromatic carbocycles. The smallest absolute Gasteiger partial charge is 0.294 e. The predicted octanol–water partition coefficient (Wildman–Crippen LogP) is 5.48. The molecule has 2 atom stereocenters. The molecule has 0 fully saturated rings. The van der Waals surface area contributed by atoms with Gasteiger partial charge in [0.2, 0.25) is 0 Å². The van der Waals surface area contributed by atoms with Gasteiger partial charge in [-0.3, -0.25) is 4.55 Å². The molecule has 5 nitrogen and oxygen atoms in total. The van der Waals surface area contributed by atoms with Crippen molar-refractivity contribution in [1.29, 1.82) is 0 Å². The summed E-state index contributed by atoms with van der Waals surface area (Å²) in [5, 5.41) is 3.64. The predicted molar refractivity (Wildman–Crippen MR) is 130 cm³/mol. The third-order valence-corrected chi connectivity index (χ3v) is 6.92. The monoisotopic (exact) mass is 517 g/mol. The maximum atomic E-state index is 10.5. The van der Waals surface area contributed by atoms with Crippen molar-refractivity contribution in [3.8, 4) is 0 Å². The number of halogens is 1. The molecular weight excluding hydrogens is 490 g/mol. The number of benzene rings is 3. The number of ether oxygens (including phenoxy) is 1. The Bertz CT molecular complexity index is 1120. The molecule has 0 saturated heterocycles. The summed E-state index contributed by atoms with van der Waals surface area (Å²) in [5.74, 6) is 0. The van der Waals surface area contributed by atoms with E-state index in [9.17, 15) is 8.42 Å². The number of hydrogen-bond acceptors (Lipinski definition) is 4. The molecule has 0 spiro atoms. The van der Waals surface area contributed by atoms with Gasteiger partial charge in [0.15, 0.2) is 0 Å². The van der Waals surface area contributed by atoms with Crippen molar-refractivity contribution < 1.29 is 17.7 Å². The van der Waals surface area contributed by atoms with Crippen LogP contribution < -0.4 is 5.32 Å². The van der Waals surface area contributed by atoms with Crippen LogP contribution in [0.3, 0.4) is 0 Å². The second-order valence-corrected chi connectivity index (χ2v) is 10.2. The number of rotatable bonds is 5. The topological polar surface area (TPSA) is 75.6 Å². The van der Waals surface area contributed by atoms with Gasteiger partial charge in [-0.15, -0.1) is 0 Å². The van der Waals surface area contributed by atoms with Crippen molar-refractivity contribution >= 4 is 26.0 Å². The van der Waals surface area contributed by atoms with Crippen molar-refractivity contribution in [2.24, 2.45) is 0 Å². The Balaban J connectivity index is 0.000000222. The minimum absolute atomic E-state index is 0.0666. The van der Waals surface area contributed by atoms with E-state index in [1.807, 2.05) is 25.1 Å². The quantitative estimate of drug-likeness (QED) is 0.438. The molecule has 0 unspecified atom stereocenters. The number of aryl methyl sites for hydroxylation is 1. The zero-order valence-electron chi connectivity index (χ0n) is 18.2. The van der Waals surface area contributed by atoms with E-state index in [-0.39, 0.29) is 4.90 Å². The van der Waals surface area contributed by atoms with Crippen LogP contribution in [0, 0.1) is 6.92 Å². The first kappa shape index (κ1) is 24.6. The molecule has 0 amide bonds. The molecule has 170 valence electrons.